The number of phosphoric acid groups is 1. The Morgan fingerprint density at radius 2 is 1.07 bits per heavy atom. The van der Waals surface area contributed by atoms with E-state index in [4.69, 9.17) is 37.5 Å². The summed E-state index contributed by atoms with van der Waals surface area (Å²) in [7, 11) is -4.71. The molecular formula is C35H65N4O20P. The zero-order valence-corrected chi connectivity index (χ0v) is 35.5. The van der Waals surface area contributed by atoms with Crippen molar-refractivity contribution in [3.63, 3.8) is 0 Å². The number of unbranched alkanes of at least 4 members (excludes halogenated alkanes) is 4. The van der Waals surface area contributed by atoms with Gasteiger partial charge >= 0.3 is 20.0 Å². The highest BCUT2D eigenvalue weighted by molar-refractivity contribution is 7.47. The molecule has 2 heterocycles. The molecule has 0 spiro atoms. The third-order valence-corrected chi connectivity index (χ3v) is 10.1. The fourth-order valence-electron chi connectivity index (χ4n) is 5.92. The summed E-state index contributed by atoms with van der Waals surface area (Å²) in [5, 5.41) is 69.8. The van der Waals surface area contributed by atoms with Gasteiger partial charge in [-0.2, -0.15) is 0 Å². The summed E-state index contributed by atoms with van der Waals surface area (Å²) >= 11 is 0. The molecule has 2 fully saturated rings. The fraction of sp³-hybridized carbons (Fsp3) is 0.886. The van der Waals surface area contributed by atoms with Crippen LogP contribution >= 0.6 is 7.82 Å². The Morgan fingerprint density at radius 1 is 0.667 bits per heavy atom. The Hall–Kier alpha value is -2.81. The maximum Gasteiger partial charge on any atom is 0.473 e. The van der Waals surface area contributed by atoms with Crippen LogP contribution in [-0.2, 0) is 51.6 Å². The highest BCUT2D eigenvalue weighted by Crippen LogP contribution is 2.48. The number of rotatable bonds is 25. The minimum Gasteiger partial charge on any atom is -0.447 e. The summed E-state index contributed by atoms with van der Waals surface area (Å²) in [6.07, 6.45) is -10.4. The van der Waals surface area contributed by atoms with Crippen LogP contribution in [0.3, 0.4) is 0 Å². The standard InChI is InChI=1S/C35H65N4O20P/c1-20(42)38-25-29(46)27(44)23(16-40)56-31(25)52-14-10-6-8-12-36-33(48)54-18-22(58-60(50,51)59-35(3,4)5)19-55-34(49)37-13-9-7-11-15-53-32-26(39-21(2)43)30(47)28(45)24(17-41)57-32/h22-32,40-41,44-47H,6-19H2,1-5H3,(H,36,48)(H,37,49)(H,38,42)(H,39,43)(H,50,51)/t23-,24-,25-,26-,27+,28+,29-,30-,31-,32-/m1/s1. The van der Waals surface area contributed by atoms with Crippen molar-refractivity contribution in [3.05, 3.63) is 0 Å². The molecule has 0 aromatic carbocycles. The first-order chi connectivity index (χ1) is 28.2. The van der Waals surface area contributed by atoms with Crippen molar-refractivity contribution in [2.24, 2.45) is 0 Å². The van der Waals surface area contributed by atoms with Crippen molar-refractivity contribution < 1.29 is 96.7 Å². The molecule has 0 aromatic rings. The summed E-state index contributed by atoms with van der Waals surface area (Å²) in [5.74, 6) is -0.963. The van der Waals surface area contributed by atoms with Gasteiger partial charge in [0.25, 0.3) is 0 Å². The number of aliphatic hydroxyl groups excluding tert-OH is 6. The molecule has 0 radical (unpaired) electrons. The number of phosphoric ester groups is 1. The van der Waals surface area contributed by atoms with E-state index in [1.807, 2.05) is 0 Å². The lowest BCUT2D eigenvalue weighted by atomic mass is 9.97. The molecule has 0 aromatic heterocycles. The van der Waals surface area contributed by atoms with Crippen LogP contribution < -0.4 is 21.3 Å². The quantitative estimate of drug-likeness (QED) is 0.0349. The highest BCUT2D eigenvalue weighted by Gasteiger charge is 2.46. The van der Waals surface area contributed by atoms with Crippen LogP contribution in [0.2, 0.25) is 0 Å². The first kappa shape index (κ1) is 53.3. The van der Waals surface area contributed by atoms with Crippen LogP contribution in [0, 0.1) is 0 Å². The Bertz CT molecular complexity index is 1280. The van der Waals surface area contributed by atoms with Gasteiger partial charge in [-0.1, -0.05) is 0 Å². The lowest BCUT2D eigenvalue weighted by Gasteiger charge is -2.42. The van der Waals surface area contributed by atoms with Gasteiger partial charge in [-0.15, -0.1) is 0 Å². The summed E-state index contributed by atoms with van der Waals surface area (Å²) < 4.78 is 55.5. The number of hydrogen-bond donors (Lipinski definition) is 11. The molecule has 2 aliphatic heterocycles. The van der Waals surface area contributed by atoms with Gasteiger partial charge < -0.3 is 85.2 Å². The molecule has 25 heteroatoms. The normalized spacial score (nSPS) is 28.0. The molecule has 24 nitrogen and oxygen atoms in total. The van der Waals surface area contributed by atoms with Gasteiger partial charge in [-0.25, -0.2) is 14.2 Å². The maximum atomic E-state index is 12.6. The lowest BCUT2D eigenvalue weighted by molar-refractivity contribution is -0.270. The van der Waals surface area contributed by atoms with Crippen molar-refractivity contribution in [3.8, 4) is 0 Å². The van der Waals surface area contributed by atoms with Crippen molar-refractivity contribution in [2.45, 2.75) is 146 Å². The third-order valence-electron chi connectivity index (χ3n) is 8.72. The molecule has 60 heavy (non-hydrogen) atoms. The zero-order chi connectivity index (χ0) is 45.0. The van der Waals surface area contributed by atoms with Crippen LogP contribution in [-0.4, -0.2) is 185 Å². The minimum absolute atomic E-state index is 0.122. The molecule has 2 aliphatic rings. The van der Waals surface area contributed by atoms with Gasteiger partial charge in [0.05, 0.1) is 18.8 Å². The number of alkyl carbamates (subject to hydrolysis) is 2. The van der Waals surface area contributed by atoms with Crippen molar-refractivity contribution in [1.82, 2.24) is 21.3 Å². The van der Waals surface area contributed by atoms with E-state index in [1.54, 1.807) is 0 Å². The van der Waals surface area contributed by atoms with Crippen molar-refractivity contribution in [1.29, 1.82) is 0 Å². The number of nitrogens with one attached hydrogen (secondary N) is 4. The van der Waals surface area contributed by atoms with Crippen LogP contribution in [0.25, 0.3) is 0 Å². The predicted octanol–water partition coefficient (Wildman–Crippen LogP) is -2.00. The monoisotopic (exact) mass is 892 g/mol. The van der Waals surface area contributed by atoms with Gasteiger partial charge in [-0.05, 0) is 59.3 Å². The van der Waals surface area contributed by atoms with Gasteiger partial charge in [0, 0.05) is 40.2 Å². The maximum absolute atomic E-state index is 12.6. The van der Waals surface area contributed by atoms with E-state index in [1.165, 1.54) is 34.6 Å². The summed E-state index contributed by atoms with van der Waals surface area (Å²) in [6, 6.07) is -2.14. The van der Waals surface area contributed by atoms with Gasteiger partial charge in [-0.3, -0.25) is 18.6 Å². The number of carbonyl (C=O) groups excluding carboxylic acids is 4. The summed E-state index contributed by atoms with van der Waals surface area (Å²) in [4.78, 5) is 58.2. The molecule has 0 bridgehead atoms. The Labute approximate surface area is 348 Å². The highest BCUT2D eigenvalue weighted by atomic mass is 31.2. The molecule has 2 rings (SSSR count). The second kappa shape index (κ2) is 26.6. The van der Waals surface area contributed by atoms with Gasteiger partial charge in [0.1, 0.15) is 68.0 Å². The second-order valence-electron chi connectivity index (χ2n) is 15.2. The molecule has 4 amide bonds. The van der Waals surface area contributed by atoms with E-state index in [9.17, 15) is 59.3 Å². The van der Waals surface area contributed by atoms with Crippen LogP contribution in [0.1, 0.15) is 73.1 Å². The largest absolute Gasteiger partial charge is 0.473 e. The smallest absolute Gasteiger partial charge is 0.447 e. The summed E-state index contributed by atoms with van der Waals surface area (Å²) in [5.41, 5.74) is -1.09. The van der Waals surface area contributed by atoms with Gasteiger partial charge in [0.15, 0.2) is 12.6 Å². The Kier molecular flexibility index (Phi) is 23.7. The zero-order valence-electron chi connectivity index (χ0n) is 34.6. The topological polar surface area (TPSA) is 349 Å². The van der Waals surface area contributed by atoms with Crippen LogP contribution in [0.4, 0.5) is 9.59 Å². The van der Waals surface area contributed by atoms with E-state index in [0.717, 1.165) is 0 Å². The van der Waals surface area contributed by atoms with Crippen LogP contribution in [0.15, 0.2) is 0 Å². The van der Waals surface area contributed by atoms with Crippen LogP contribution in [0.5, 0.6) is 0 Å². The molecule has 11 atom stereocenters. The average Bonchev–Trinajstić information content (AvgIpc) is 3.15. The number of amides is 4. The van der Waals surface area contributed by atoms with E-state index < -0.39 is 131 Å². The molecule has 2 saturated heterocycles. The fourth-order valence-corrected chi connectivity index (χ4v) is 7.15. The molecule has 350 valence electrons. The predicted molar refractivity (Wildman–Crippen MR) is 205 cm³/mol. The Morgan fingerprint density at radius 3 is 1.42 bits per heavy atom. The number of carbonyl (C=O) groups is 4. The van der Waals surface area contributed by atoms with E-state index in [-0.39, 0.29) is 26.3 Å². The SMILES string of the molecule is CC(=O)N[C@H]1[C@H](OCCCCCNC(=O)OCC(COC(=O)NCCCCCO[C@@H]2O[C@H](CO)[C@H](O)[C@H](O)[C@H]2NC(C)=O)OP(=O)(O)OC(C)(C)C)O[C@H](CO)[C@H](O)[C@@H]1O. The molecule has 11 N–H and O–H groups in total. The van der Waals surface area contributed by atoms with E-state index >= 15 is 0 Å². The average molecular weight is 893 g/mol. The number of hydrogen-bond acceptors (Lipinski definition) is 19. The number of aliphatic hydroxyl groups is 6. The van der Waals surface area contributed by atoms with E-state index in [2.05, 4.69) is 21.3 Å². The molecule has 0 aliphatic carbocycles. The molecule has 1 unspecified atom stereocenters. The summed E-state index contributed by atoms with van der Waals surface area (Å²) in [6.45, 7) is 5.23. The first-order valence-corrected chi connectivity index (χ1v) is 21.2. The molecule has 0 saturated carbocycles. The van der Waals surface area contributed by atoms with Crippen molar-refractivity contribution in [2.75, 3.05) is 52.7 Å². The van der Waals surface area contributed by atoms with Crippen molar-refractivity contribution >= 4 is 31.8 Å². The van der Waals surface area contributed by atoms with E-state index in [0.29, 0.717) is 38.5 Å². The lowest BCUT2D eigenvalue weighted by Crippen LogP contribution is -2.64. The first-order valence-electron chi connectivity index (χ1n) is 19.7. The number of ether oxygens (including phenoxy) is 6. The third kappa shape index (κ3) is 19.9. The molecular weight excluding hydrogens is 827 g/mol. The van der Waals surface area contributed by atoms with Gasteiger partial charge in [0.2, 0.25) is 11.8 Å². The minimum atomic E-state index is -4.71. The Balaban J connectivity index is 1.73. The second-order valence-corrected chi connectivity index (χ2v) is 16.5.